The van der Waals surface area contributed by atoms with E-state index in [0.29, 0.717) is 0 Å². The Morgan fingerprint density at radius 3 is 2.64 bits per heavy atom. The molecule has 0 bridgehead atoms. The lowest BCUT2D eigenvalue weighted by Gasteiger charge is -2.08. The highest BCUT2D eigenvalue weighted by Gasteiger charge is 1.95. The lowest BCUT2D eigenvalue weighted by Crippen LogP contribution is -2.01. The molecule has 5 heteroatoms. The van der Waals surface area contributed by atoms with Crippen LogP contribution in [0.25, 0.3) is 0 Å². The minimum Gasteiger partial charge on any atom is -0.755 e. The van der Waals surface area contributed by atoms with Crippen LogP contribution in [-0.4, -0.2) is 13.9 Å². The molecule has 0 fully saturated rings. The van der Waals surface area contributed by atoms with E-state index in [-0.39, 0.29) is 11.4 Å². The zero-order valence-corrected chi connectivity index (χ0v) is 6.30. The topological polar surface area (TPSA) is 72.4 Å². The first-order chi connectivity index (χ1) is 5.20. The van der Waals surface area contributed by atoms with Gasteiger partial charge in [-0.2, -0.15) is 0 Å². The molecule has 1 unspecified atom stereocenters. The molecule has 0 saturated heterocycles. The van der Waals surface area contributed by atoms with Gasteiger partial charge in [-0.05, 0) is 12.1 Å². The van der Waals surface area contributed by atoms with Crippen molar-refractivity contribution < 1.29 is 13.9 Å². The van der Waals surface area contributed by atoms with E-state index in [1.165, 1.54) is 12.1 Å². The molecule has 1 aromatic carbocycles. The Morgan fingerprint density at radius 1 is 1.45 bits per heavy atom. The average molecular weight is 172 g/mol. The Hall–Kier alpha value is -1.07. The molecule has 0 aliphatic rings. The van der Waals surface area contributed by atoms with Crippen LogP contribution in [0.2, 0.25) is 0 Å². The van der Waals surface area contributed by atoms with Gasteiger partial charge in [0.15, 0.2) is 0 Å². The number of rotatable bonds is 2. The summed E-state index contributed by atoms with van der Waals surface area (Å²) >= 11 is -2.39. The molecule has 0 spiro atoms. The molecule has 0 aliphatic heterocycles. The van der Waals surface area contributed by atoms with Crippen molar-refractivity contribution >= 4 is 17.0 Å². The van der Waals surface area contributed by atoms with Crippen LogP contribution in [0.1, 0.15) is 0 Å². The van der Waals surface area contributed by atoms with Crippen molar-refractivity contribution in [1.82, 2.24) is 0 Å². The summed E-state index contributed by atoms with van der Waals surface area (Å²) in [5, 5.41) is 9.02. The number of para-hydroxylation sites is 2. The van der Waals surface area contributed by atoms with E-state index in [1.807, 2.05) is 4.72 Å². The molecule has 11 heavy (non-hydrogen) atoms. The molecule has 2 N–H and O–H groups in total. The monoisotopic (exact) mass is 172 g/mol. The van der Waals surface area contributed by atoms with Crippen LogP contribution in [0, 0.1) is 0 Å². The summed E-state index contributed by atoms with van der Waals surface area (Å²) in [6.45, 7) is 0. The van der Waals surface area contributed by atoms with Crippen molar-refractivity contribution in [3.8, 4) is 5.75 Å². The van der Waals surface area contributed by atoms with Crippen molar-refractivity contribution in [2.24, 2.45) is 0 Å². The van der Waals surface area contributed by atoms with E-state index in [2.05, 4.69) is 0 Å². The minimum absolute atomic E-state index is 0.0864. The third-order valence-corrected chi connectivity index (χ3v) is 1.48. The van der Waals surface area contributed by atoms with Gasteiger partial charge >= 0.3 is 0 Å². The van der Waals surface area contributed by atoms with Gasteiger partial charge in [0.25, 0.3) is 0 Å². The summed E-state index contributed by atoms with van der Waals surface area (Å²) in [4.78, 5) is 0. The summed E-state index contributed by atoms with van der Waals surface area (Å²) < 4.78 is 22.2. The Labute approximate surface area is 66.3 Å². The van der Waals surface area contributed by atoms with Crippen molar-refractivity contribution in [3.63, 3.8) is 0 Å². The lowest BCUT2D eigenvalue weighted by atomic mass is 10.3. The maximum Gasteiger partial charge on any atom is 0.139 e. The van der Waals surface area contributed by atoms with E-state index < -0.39 is 11.3 Å². The highest BCUT2D eigenvalue weighted by Crippen LogP contribution is 2.21. The summed E-state index contributed by atoms with van der Waals surface area (Å²) in [6, 6.07) is 6.09. The fraction of sp³-hybridized carbons (Fsp3) is 0. The second-order valence-electron chi connectivity index (χ2n) is 1.85. The van der Waals surface area contributed by atoms with Crippen molar-refractivity contribution in [3.05, 3.63) is 24.3 Å². The molecule has 4 nitrogen and oxygen atoms in total. The fourth-order valence-electron chi connectivity index (χ4n) is 0.650. The third-order valence-electron chi connectivity index (χ3n) is 1.10. The van der Waals surface area contributed by atoms with E-state index in [1.54, 1.807) is 12.1 Å². The zero-order chi connectivity index (χ0) is 8.27. The number of benzene rings is 1. The van der Waals surface area contributed by atoms with Crippen LogP contribution in [0.3, 0.4) is 0 Å². The Bertz CT molecular complexity index is 276. The van der Waals surface area contributed by atoms with Crippen LogP contribution >= 0.6 is 0 Å². The molecular weight excluding hydrogens is 166 g/mol. The van der Waals surface area contributed by atoms with Gasteiger partial charge in [-0.1, -0.05) is 12.1 Å². The average Bonchev–Trinajstić information content (AvgIpc) is 1.93. The number of hydrogen-bond donors (Lipinski definition) is 2. The maximum absolute atomic E-state index is 10.1. The molecule has 0 saturated carbocycles. The van der Waals surface area contributed by atoms with E-state index in [4.69, 9.17) is 5.11 Å². The first-order valence-electron chi connectivity index (χ1n) is 2.84. The van der Waals surface area contributed by atoms with Crippen molar-refractivity contribution in [2.45, 2.75) is 0 Å². The smallest absolute Gasteiger partial charge is 0.139 e. The van der Waals surface area contributed by atoms with Gasteiger partial charge in [0.2, 0.25) is 0 Å². The SMILES string of the molecule is O=S([O-])Nc1ccccc1O. The Balaban J connectivity index is 2.86. The molecule has 0 aliphatic carbocycles. The first kappa shape index (κ1) is 8.03. The quantitative estimate of drug-likeness (QED) is 0.506. The summed E-state index contributed by atoms with van der Waals surface area (Å²) in [6.07, 6.45) is 0. The second kappa shape index (κ2) is 3.36. The molecular formula is C6H6NO3S-. The van der Waals surface area contributed by atoms with Gasteiger partial charge in [-0.25, -0.2) is 0 Å². The molecule has 1 rings (SSSR count). The van der Waals surface area contributed by atoms with Crippen LogP contribution in [-0.2, 0) is 11.3 Å². The van der Waals surface area contributed by atoms with Crippen LogP contribution < -0.4 is 4.72 Å². The predicted molar refractivity (Wildman–Crippen MR) is 40.6 cm³/mol. The fourth-order valence-corrected chi connectivity index (χ4v) is 1.00. The zero-order valence-electron chi connectivity index (χ0n) is 5.48. The summed E-state index contributed by atoms with van der Waals surface area (Å²) in [5.74, 6) is -0.0864. The van der Waals surface area contributed by atoms with Crippen LogP contribution in [0.5, 0.6) is 5.75 Å². The third kappa shape index (κ3) is 2.21. The maximum atomic E-state index is 10.1. The van der Waals surface area contributed by atoms with Gasteiger partial charge in [0.05, 0.1) is 5.69 Å². The molecule has 1 atom stereocenters. The molecule has 0 heterocycles. The largest absolute Gasteiger partial charge is 0.755 e. The van der Waals surface area contributed by atoms with Gasteiger partial charge in [-0.3, -0.25) is 4.21 Å². The number of phenols is 1. The second-order valence-corrected chi connectivity index (χ2v) is 2.53. The predicted octanol–water partition coefficient (Wildman–Crippen LogP) is 0.598. The Morgan fingerprint density at radius 2 is 2.09 bits per heavy atom. The Kier molecular flexibility index (Phi) is 2.45. The van der Waals surface area contributed by atoms with Crippen LogP contribution in [0.15, 0.2) is 24.3 Å². The lowest BCUT2D eigenvalue weighted by molar-refractivity contribution is 0.477. The van der Waals surface area contributed by atoms with Gasteiger partial charge in [-0.15, -0.1) is 0 Å². The standard InChI is InChI=1S/C6H7NO3S/c8-6-4-2-1-3-5(6)7-11(9)10/h1-4,7-8H,(H,9,10)/p-1. The number of phenolic OH excluding ortho intramolecular Hbond substituents is 1. The van der Waals surface area contributed by atoms with Crippen molar-refractivity contribution in [1.29, 1.82) is 0 Å². The molecule has 0 amide bonds. The number of nitrogens with one attached hydrogen (secondary N) is 1. The highest BCUT2D eigenvalue weighted by molar-refractivity contribution is 7.80. The molecule has 60 valence electrons. The minimum atomic E-state index is -2.39. The van der Waals surface area contributed by atoms with Gasteiger partial charge < -0.3 is 14.4 Å². The highest BCUT2D eigenvalue weighted by atomic mass is 32.2. The van der Waals surface area contributed by atoms with Crippen LogP contribution in [0.4, 0.5) is 5.69 Å². The number of hydrogen-bond acceptors (Lipinski definition) is 3. The van der Waals surface area contributed by atoms with E-state index >= 15 is 0 Å². The van der Waals surface area contributed by atoms with E-state index in [9.17, 15) is 8.76 Å². The normalized spacial score (nSPS) is 12.5. The van der Waals surface area contributed by atoms with Crippen molar-refractivity contribution in [2.75, 3.05) is 4.72 Å². The number of anilines is 1. The van der Waals surface area contributed by atoms with Gasteiger partial charge in [0, 0.05) is 11.3 Å². The first-order valence-corrected chi connectivity index (χ1v) is 3.91. The summed E-state index contributed by atoms with van der Waals surface area (Å²) in [5.41, 5.74) is 0.181. The number of aromatic hydroxyl groups is 1. The molecule has 0 aromatic heterocycles. The van der Waals surface area contributed by atoms with E-state index in [0.717, 1.165) is 0 Å². The summed E-state index contributed by atoms with van der Waals surface area (Å²) in [7, 11) is 0. The molecule has 0 radical (unpaired) electrons. The van der Waals surface area contributed by atoms with Gasteiger partial charge in [0.1, 0.15) is 5.75 Å². The molecule has 1 aromatic rings.